The van der Waals surface area contributed by atoms with E-state index in [2.05, 4.69) is 5.32 Å². The molecule has 1 amide bonds. The van der Waals surface area contributed by atoms with Crippen molar-refractivity contribution in [3.05, 3.63) is 65.5 Å². The number of benzene rings is 2. The zero-order chi connectivity index (χ0) is 18.8. The molecule has 0 unspecified atom stereocenters. The molecule has 6 heteroatoms. The van der Waals surface area contributed by atoms with Crippen LogP contribution < -0.4 is 10.1 Å². The van der Waals surface area contributed by atoms with Crippen LogP contribution in [0, 0.1) is 5.82 Å². The molecule has 5 nitrogen and oxygen atoms in total. The lowest BCUT2D eigenvalue weighted by Gasteiger charge is -2.16. The van der Waals surface area contributed by atoms with E-state index in [1.807, 2.05) is 42.3 Å². The summed E-state index contributed by atoms with van der Waals surface area (Å²) in [5.74, 6) is 0.389. The van der Waals surface area contributed by atoms with Gasteiger partial charge in [-0.2, -0.15) is 0 Å². The Balaban J connectivity index is 1.76. The minimum absolute atomic E-state index is 0.0883. The normalized spacial score (nSPS) is 10.8. The van der Waals surface area contributed by atoms with E-state index in [1.165, 1.54) is 12.1 Å². The van der Waals surface area contributed by atoms with Gasteiger partial charge in [0.15, 0.2) is 0 Å². The Kier molecular flexibility index (Phi) is 8.05. The predicted octanol–water partition coefficient (Wildman–Crippen LogP) is 2.60. The molecule has 0 aliphatic rings. The Bertz CT molecular complexity index is 709. The van der Waals surface area contributed by atoms with Gasteiger partial charge in [0, 0.05) is 20.2 Å². The second-order valence-corrected chi connectivity index (χ2v) is 6.07. The summed E-state index contributed by atoms with van der Waals surface area (Å²) < 4.78 is 23.7. The molecule has 0 bridgehead atoms. The highest BCUT2D eigenvalue weighted by Gasteiger charge is 2.08. The van der Waals surface area contributed by atoms with Crippen LogP contribution in [-0.2, 0) is 22.6 Å². The first-order valence-corrected chi connectivity index (χ1v) is 8.47. The van der Waals surface area contributed by atoms with Gasteiger partial charge in [0.05, 0.1) is 13.2 Å². The van der Waals surface area contributed by atoms with Gasteiger partial charge in [-0.05, 0) is 42.4 Å². The number of likely N-dealkylation sites (N-methyl/N-ethyl adjacent to an activating group) is 1. The van der Waals surface area contributed by atoms with Crippen LogP contribution in [0.2, 0.25) is 0 Å². The van der Waals surface area contributed by atoms with E-state index < -0.39 is 0 Å². The summed E-state index contributed by atoms with van der Waals surface area (Å²) in [7, 11) is 3.45. The Morgan fingerprint density at radius 3 is 2.65 bits per heavy atom. The standard InChI is InChI=1S/C20H25FN2O3/c1-23(14-17-6-3-7-18(21)11-17)15-20(24)22-13-16-5-4-8-19(12-16)26-10-9-25-2/h3-8,11-12H,9-10,13-15H2,1-2H3,(H,22,24). The number of halogens is 1. The predicted molar refractivity (Wildman–Crippen MR) is 98.4 cm³/mol. The summed E-state index contributed by atoms with van der Waals surface area (Å²) in [6, 6.07) is 14.0. The van der Waals surface area contributed by atoms with Crippen LogP contribution in [0.1, 0.15) is 11.1 Å². The number of rotatable bonds is 10. The summed E-state index contributed by atoms with van der Waals surface area (Å²) in [5, 5.41) is 2.89. The quantitative estimate of drug-likeness (QED) is 0.662. The van der Waals surface area contributed by atoms with Gasteiger partial charge in [-0.15, -0.1) is 0 Å². The molecule has 0 aromatic heterocycles. The number of nitrogens with zero attached hydrogens (tertiary/aromatic N) is 1. The van der Waals surface area contributed by atoms with Crippen LogP contribution in [0.4, 0.5) is 4.39 Å². The molecule has 0 aliphatic heterocycles. The van der Waals surface area contributed by atoms with Crippen LogP contribution in [0.3, 0.4) is 0 Å². The number of hydrogen-bond donors (Lipinski definition) is 1. The summed E-state index contributed by atoms with van der Waals surface area (Å²) in [5.41, 5.74) is 1.79. The number of carbonyl (C=O) groups is 1. The molecule has 140 valence electrons. The van der Waals surface area contributed by atoms with E-state index in [4.69, 9.17) is 9.47 Å². The molecule has 0 aliphatic carbocycles. The zero-order valence-corrected chi connectivity index (χ0v) is 15.2. The molecule has 0 saturated carbocycles. The monoisotopic (exact) mass is 360 g/mol. The number of amides is 1. The van der Waals surface area contributed by atoms with Crippen LogP contribution >= 0.6 is 0 Å². The van der Waals surface area contributed by atoms with Gasteiger partial charge in [0.1, 0.15) is 18.2 Å². The minimum Gasteiger partial charge on any atom is -0.491 e. The van der Waals surface area contributed by atoms with Crippen LogP contribution in [0.25, 0.3) is 0 Å². The zero-order valence-electron chi connectivity index (χ0n) is 15.2. The van der Waals surface area contributed by atoms with Crippen molar-refractivity contribution in [1.29, 1.82) is 0 Å². The molecule has 1 N–H and O–H groups in total. The summed E-state index contributed by atoms with van der Waals surface area (Å²) in [6.45, 7) is 2.18. The Hall–Kier alpha value is -2.44. The molecule has 0 radical (unpaired) electrons. The van der Waals surface area contributed by atoms with Gasteiger partial charge in [-0.25, -0.2) is 4.39 Å². The number of nitrogens with one attached hydrogen (secondary N) is 1. The van der Waals surface area contributed by atoms with E-state index in [9.17, 15) is 9.18 Å². The van der Waals surface area contributed by atoms with E-state index in [1.54, 1.807) is 13.2 Å². The topological polar surface area (TPSA) is 50.8 Å². The van der Waals surface area contributed by atoms with Crippen molar-refractivity contribution < 1.29 is 18.7 Å². The fourth-order valence-corrected chi connectivity index (χ4v) is 2.49. The summed E-state index contributed by atoms with van der Waals surface area (Å²) >= 11 is 0. The molecule has 2 rings (SSSR count). The Morgan fingerprint density at radius 1 is 1.12 bits per heavy atom. The van der Waals surface area contributed by atoms with Crippen molar-refractivity contribution in [2.24, 2.45) is 0 Å². The second-order valence-electron chi connectivity index (χ2n) is 6.07. The van der Waals surface area contributed by atoms with Crippen LogP contribution in [-0.4, -0.2) is 44.7 Å². The van der Waals surface area contributed by atoms with Crippen LogP contribution in [0.15, 0.2) is 48.5 Å². The Labute approximate surface area is 153 Å². The lowest BCUT2D eigenvalue weighted by Crippen LogP contribution is -2.34. The minimum atomic E-state index is -0.270. The maximum Gasteiger partial charge on any atom is 0.234 e. The maximum absolute atomic E-state index is 13.2. The molecule has 0 saturated heterocycles. The lowest BCUT2D eigenvalue weighted by atomic mass is 10.2. The van der Waals surface area contributed by atoms with Gasteiger partial charge < -0.3 is 14.8 Å². The lowest BCUT2D eigenvalue weighted by molar-refractivity contribution is -0.122. The average molecular weight is 360 g/mol. The molecule has 2 aromatic carbocycles. The number of ether oxygens (including phenoxy) is 2. The first-order valence-electron chi connectivity index (χ1n) is 8.47. The molecule has 0 heterocycles. The fraction of sp³-hybridized carbons (Fsp3) is 0.350. The fourth-order valence-electron chi connectivity index (χ4n) is 2.49. The highest BCUT2D eigenvalue weighted by atomic mass is 19.1. The third kappa shape index (κ3) is 7.21. The van der Waals surface area contributed by atoms with Crippen molar-refractivity contribution in [3.8, 4) is 5.75 Å². The first-order chi connectivity index (χ1) is 12.6. The van der Waals surface area contributed by atoms with Gasteiger partial charge in [-0.3, -0.25) is 9.69 Å². The number of hydrogen-bond acceptors (Lipinski definition) is 4. The third-order valence-corrected chi connectivity index (χ3v) is 3.70. The Morgan fingerprint density at radius 2 is 1.88 bits per heavy atom. The first kappa shape index (κ1) is 19.9. The molecule has 0 spiro atoms. The molecular weight excluding hydrogens is 335 g/mol. The van der Waals surface area contributed by atoms with Crippen molar-refractivity contribution in [2.75, 3.05) is 33.9 Å². The molecule has 0 atom stereocenters. The molecule has 0 fully saturated rings. The van der Waals surface area contributed by atoms with E-state index in [0.29, 0.717) is 26.3 Å². The second kappa shape index (κ2) is 10.5. The van der Waals surface area contributed by atoms with Crippen molar-refractivity contribution in [2.45, 2.75) is 13.1 Å². The molecular formula is C20H25FN2O3. The van der Waals surface area contributed by atoms with Crippen LogP contribution in [0.5, 0.6) is 5.75 Å². The summed E-state index contributed by atoms with van der Waals surface area (Å²) in [4.78, 5) is 13.9. The van der Waals surface area contributed by atoms with Crippen molar-refractivity contribution in [1.82, 2.24) is 10.2 Å². The van der Waals surface area contributed by atoms with Gasteiger partial charge in [-0.1, -0.05) is 24.3 Å². The maximum atomic E-state index is 13.2. The number of methoxy groups -OCH3 is 1. The van der Waals surface area contributed by atoms with Gasteiger partial charge in [0.2, 0.25) is 5.91 Å². The largest absolute Gasteiger partial charge is 0.491 e. The highest BCUT2D eigenvalue weighted by molar-refractivity contribution is 5.77. The van der Waals surface area contributed by atoms with E-state index in [-0.39, 0.29) is 18.3 Å². The molecule has 2 aromatic rings. The van der Waals surface area contributed by atoms with E-state index >= 15 is 0 Å². The van der Waals surface area contributed by atoms with E-state index in [0.717, 1.165) is 16.9 Å². The summed E-state index contributed by atoms with van der Waals surface area (Å²) in [6.07, 6.45) is 0. The van der Waals surface area contributed by atoms with Crippen molar-refractivity contribution >= 4 is 5.91 Å². The van der Waals surface area contributed by atoms with Gasteiger partial charge in [0.25, 0.3) is 0 Å². The SMILES string of the molecule is COCCOc1cccc(CNC(=O)CN(C)Cc2cccc(F)c2)c1. The number of carbonyl (C=O) groups excluding carboxylic acids is 1. The third-order valence-electron chi connectivity index (χ3n) is 3.70. The molecule has 26 heavy (non-hydrogen) atoms. The smallest absolute Gasteiger partial charge is 0.234 e. The van der Waals surface area contributed by atoms with Gasteiger partial charge >= 0.3 is 0 Å². The van der Waals surface area contributed by atoms with Crippen molar-refractivity contribution in [3.63, 3.8) is 0 Å². The average Bonchev–Trinajstić information content (AvgIpc) is 2.60. The highest BCUT2D eigenvalue weighted by Crippen LogP contribution is 2.13.